The molecular formula is C20H19Cl2N3. The van der Waals surface area contributed by atoms with Gasteiger partial charge in [0.15, 0.2) is 0 Å². The fraction of sp³-hybridized carbons (Fsp3) is 0.250. The third-order valence-electron chi connectivity index (χ3n) is 4.69. The summed E-state index contributed by atoms with van der Waals surface area (Å²) in [6, 6.07) is 16.4. The summed E-state index contributed by atoms with van der Waals surface area (Å²) in [6.07, 6.45) is 1.99. The van der Waals surface area contributed by atoms with Gasteiger partial charge in [0.1, 0.15) is 0 Å². The van der Waals surface area contributed by atoms with E-state index in [1.54, 1.807) is 0 Å². The van der Waals surface area contributed by atoms with Crippen molar-refractivity contribution >= 4 is 39.8 Å². The van der Waals surface area contributed by atoms with Crippen molar-refractivity contribution in [1.29, 1.82) is 0 Å². The van der Waals surface area contributed by atoms with E-state index in [1.165, 1.54) is 10.9 Å². The number of rotatable bonds is 3. The standard InChI is InChI=1S/C20H19Cl2N3/c21-18-6-5-17(12-19(18)22)25-9-7-24(8-10-25)14-15-11-16-3-1-2-4-20(16)23-13-15/h1-6,11-13H,7-10,14H2. The van der Waals surface area contributed by atoms with Crippen molar-refractivity contribution in [3.8, 4) is 0 Å². The number of para-hydroxylation sites is 1. The molecule has 0 amide bonds. The molecule has 0 radical (unpaired) electrons. The van der Waals surface area contributed by atoms with Gasteiger partial charge in [0, 0.05) is 50.0 Å². The first-order chi connectivity index (χ1) is 12.2. The number of fused-ring (bicyclic) bond motifs is 1. The third-order valence-corrected chi connectivity index (χ3v) is 5.43. The number of aromatic nitrogens is 1. The Bertz CT molecular complexity index is 889. The molecule has 3 aromatic rings. The van der Waals surface area contributed by atoms with Crippen LogP contribution >= 0.6 is 23.2 Å². The monoisotopic (exact) mass is 371 g/mol. The maximum atomic E-state index is 6.14. The van der Waals surface area contributed by atoms with Crippen LogP contribution in [0.2, 0.25) is 10.0 Å². The number of hydrogen-bond acceptors (Lipinski definition) is 3. The SMILES string of the molecule is Clc1ccc(N2CCN(Cc3cnc4ccccc4c3)CC2)cc1Cl. The molecule has 2 aromatic carbocycles. The van der Waals surface area contributed by atoms with Gasteiger partial charge in [-0.15, -0.1) is 0 Å². The van der Waals surface area contributed by atoms with Crippen LogP contribution in [0, 0.1) is 0 Å². The fourth-order valence-corrected chi connectivity index (χ4v) is 3.60. The number of anilines is 1. The van der Waals surface area contributed by atoms with E-state index in [1.807, 2.05) is 30.5 Å². The summed E-state index contributed by atoms with van der Waals surface area (Å²) in [7, 11) is 0. The Morgan fingerprint density at radius 1 is 0.880 bits per heavy atom. The van der Waals surface area contributed by atoms with Gasteiger partial charge >= 0.3 is 0 Å². The van der Waals surface area contributed by atoms with Crippen molar-refractivity contribution < 1.29 is 0 Å². The summed E-state index contributed by atoms with van der Waals surface area (Å²) in [6.45, 7) is 4.95. The lowest BCUT2D eigenvalue weighted by atomic mass is 10.1. The Morgan fingerprint density at radius 2 is 1.68 bits per heavy atom. The molecule has 5 heteroatoms. The second-order valence-electron chi connectivity index (χ2n) is 6.40. The molecule has 1 saturated heterocycles. The van der Waals surface area contributed by atoms with Gasteiger partial charge in [-0.1, -0.05) is 41.4 Å². The molecule has 0 saturated carbocycles. The highest BCUT2D eigenvalue weighted by Gasteiger charge is 2.18. The van der Waals surface area contributed by atoms with Gasteiger partial charge in [0.25, 0.3) is 0 Å². The summed E-state index contributed by atoms with van der Waals surface area (Å²) < 4.78 is 0. The van der Waals surface area contributed by atoms with E-state index >= 15 is 0 Å². The maximum Gasteiger partial charge on any atom is 0.0702 e. The highest BCUT2D eigenvalue weighted by Crippen LogP contribution is 2.28. The zero-order valence-corrected chi connectivity index (χ0v) is 15.3. The molecule has 1 aromatic heterocycles. The van der Waals surface area contributed by atoms with Crippen molar-refractivity contribution in [2.75, 3.05) is 31.1 Å². The van der Waals surface area contributed by atoms with Gasteiger partial charge in [0.2, 0.25) is 0 Å². The van der Waals surface area contributed by atoms with Crippen molar-refractivity contribution in [2.24, 2.45) is 0 Å². The quantitative estimate of drug-likeness (QED) is 0.654. The van der Waals surface area contributed by atoms with Crippen LogP contribution < -0.4 is 4.90 Å². The van der Waals surface area contributed by atoms with Gasteiger partial charge in [-0.05, 0) is 35.9 Å². The molecule has 1 fully saturated rings. The van der Waals surface area contributed by atoms with Gasteiger partial charge in [-0.25, -0.2) is 0 Å². The van der Waals surface area contributed by atoms with Crippen molar-refractivity contribution in [2.45, 2.75) is 6.54 Å². The predicted molar refractivity (Wildman–Crippen MR) is 106 cm³/mol. The Morgan fingerprint density at radius 3 is 2.48 bits per heavy atom. The molecule has 0 spiro atoms. The second-order valence-corrected chi connectivity index (χ2v) is 7.21. The molecule has 4 rings (SSSR count). The molecule has 25 heavy (non-hydrogen) atoms. The average Bonchev–Trinajstić information content (AvgIpc) is 2.65. The van der Waals surface area contributed by atoms with Gasteiger partial charge in [-0.2, -0.15) is 0 Å². The smallest absolute Gasteiger partial charge is 0.0702 e. The van der Waals surface area contributed by atoms with Gasteiger partial charge in [0.05, 0.1) is 15.6 Å². The Hall–Kier alpha value is -1.81. The van der Waals surface area contributed by atoms with Crippen LogP contribution in [0.5, 0.6) is 0 Å². The molecule has 3 nitrogen and oxygen atoms in total. The van der Waals surface area contributed by atoms with Crippen LogP contribution in [0.1, 0.15) is 5.56 Å². The van der Waals surface area contributed by atoms with Gasteiger partial charge in [-0.3, -0.25) is 9.88 Å². The largest absolute Gasteiger partial charge is 0.369 e. The van der Waals surface area contributed by atoms with E-state index in [9.17, 15) is 0 Å². The Balaban J connectivity index is 1.40. The van der Waals surface area contributed by atoms with Gasteiger partial charge < -0.3 is 4.90 Å². The average molecular weight is 372 g/mol. The third kappa shape index (κ3) is 3.74. The maximum absolute atomic E-state index is 6.14. The summed E-state index contributed by atoms with van der Waals surface area (Å²) in [5, 5.41) is 2.42. The van der Waals surface area contributed by atoms with Crippen molar-refractivity contribution in [1.82, 2.24) is 9.88 Å². The van der Waals surface area contributed by atoms with Crippen molar-refractivity contribution in [3.05, 3.63) is 70.3 Å². The van der Waals surface area contributed by atoms with E-state index < -0.39 is 0 Å². The number of hydrogen-bond donors (Lipinski definition) is 0. The molecule has 0 bridgehead atoms. The van der Waals surface area contributed by atoms with Crippen LogP contribution in [-0.4, -0.2) is 36.1 Å². The molecule has 0 N–H and O–H groups in total. The predicted octanol–water partition coefficient (Wildman–Crippen LogP) is 4.86. The topological polar surface area (TPSA) is 19.4 Å². The lowest BCUT2D eigenvalue weighted by Gasteiger charge is -2.36. The molecule has 1 aliphatic heterocycles. The molecule has 0 atom stereocenters. The fourth-order valence-electron chi connectivity index (χ4n) is 3.31. The summed E-state index contributed by atoms with van der Waals surface area (Å²) in [5.74, 6) is 0. The molecular weight excluding hydrogens is 353 g/mol. The highest BCUT2D eigenvalue weighted by atomic mass is 35.5. The van der Waals surface area contributed by atoms with Crippen LogP contribution in [-0.2, 0) is 6.54 Å². The Kier molecular flexibility index (Phi) is 4.80. The van der Waals surface area contributed by atoms with E-state index in [4.69, 9.17) is 23.2 Å². The molecule has 0 aliphatic carbocycles. The van der Waals surface area contributed by atoms with Crippen molar-refractivity contribution in [3.63, 3.8) is 0 Å². The first-order valence-electron chi connectivity index (χ1n) is 8.45. The second kappa shape index (κ2) is 7.20. The molecule has 1 aliphatic rings. The van der Waals surface area contributed by atoms with E-state index in [-0.39, 0.29) is 0 Å². The zero-order valence-electron chi connectivity index (χ0n) is 13.8. The van der Waals surface area contributed by atoms with E-state index in [0.717, 1.165) is 43.9 Å². The summed E-state index contributed by atoms with van der Waals surface area (Å²) in [4.78, 5) is 9.39. The summed E-state index contributed by atoms with van der Waals surface area (Å²) >= 11 is 12.2. The summed E-state index contributed by atoms with van der Waals surface area (Å²) in [5.41, 5.74) is 3.46. The van der Waals surface area contributed by atoms with Crippen LogP contribution in [0.25, 0.3) is 10.9 Å². The van der Waals surface area contributed by atoms with Crippen LogP contribution in [0.3, 0.4) is 0 Å². The number of pyridine rings is 1. The van der Waals surface area contributed by atoms with E-state index in [2.05, 4.69) is 39.0 Å². The number of halogens is 2. The highest BCUT2D eigenvalue weighted by molar-refractivity contribution is 6.42. The number of benzene rings is 2. The van der Waals surface area contributed by atoms with Crippen LogP contribution in [0.4, 0.5) is 5.69 Å². The minimum atomic E-state index is 0.604. The van der Waals surface area contributed by atoms with E-state index in [0.29, 0.717) is 10.0 Å². The van der Waals surface area contributed by atoms with Crippen LogP contribution in [0.15, 0.2) is 54.7 Å². The molecule has 128 valence electrons. The molecule has 0 unspecified atom stereocenters. The lowest BCUT2D eigenvalue weighted by Crippen LogP contribution is -2.45. The first kappa shape index (κ1) is 16.6. The molecule has 2 heterocycles. The number of nitrogens with zero attached hydrogens (tertiary/aromatic N) is 3. The minimum Gasteiger partial charge on any atom is -0.369 e. The lowest BCUT2D eigenvalue weighted by molar-refractivity contribution is 0.250. The first-order valence-corrected chi connectivity index (χ1v) is 9.21. The number of piperazine rings is 1. The zero-order chi connectivity index (χ0) is 17.2. The Labute approximate surface area is 157 Å². The normalized spacial score (nSPS) is 15.7. The minimum absolute atomic E-state index is 0.604.